The zero-order valence-corrected chi connectivity index (χ0v) is 14.6. The number of hydrogen-bond donors (Lipinski definition) is 0. The van der Waals surface area contributed by atoms with Gasteiger partial charge in [0, 0.05) is 31.7 Å². The molecule has 0 radical (unpaired) electrons. The van der Waals surface area contributed by atoms with Crippen molar-refractivity contribution in [1.29, 1.82) is 0 Å². The van der Waals surface area contributed by atoms with Gasteiger partial charge in [0.1, 0.15) is 11.6 Å². The molecule has 2 aromatic rings. The van der Waals surface area contributed by atoms with Crippen LogP contribution in [0.1, 0.15) is 25.0 Å². The zero-order valence-electron chi connectivity index (χ0n) is 14.6. The Morgan fingerprint density at radius 1 is 1.23 bits per heavy atom. The molecule has 26 heavy (non-hydrogen) atoms. The molecule has 2 atom stereocenters. The first-order valence-corrected chi connectivity index (χ1v) is 9.14. The van der Waals surface area contributed by atoms with Crippen LogP contribution in [0.15, 0.2) is 36.7 Å². The second-order valence-corrected chi connectivity index (χ2v) is 7.01. The number of fused-ring (bicyclic) bond motifs is 1. The Balaban J connectivity index is 1.33. The van der Waals surface area contributed by atoms with Crippen molar-refractivity contribution in [3.8, 4) is 0 Å². The van der Waals surface area contributed by atoms with Gasteiger partial charge in [-0.3, -0.25) is 4.79 Å². The van der Waals surface area contributed by atoms with Crippen LogP contribution < -0.4 is 4.90 Å². The summed E-state index contributed by atoms with van der Waals surface area (Å²) in [5, 5.41) is 7.99. The van der Waals surface area contributed by atoms with E-state index in [9.17, 15) is 9.18 Å². The van der Waals surface area contributed by atoms with E-state index in [0.29, 0.717) is 6.54 Å². The molecule has 6 nitrogen and oxygen atoms in total. The number of aromatic nitrogens is 3. The number of halogens is 1. The molecule has 2 aromatic heterocycles. The number of carbonyl (C=O) groups is 1. The molecule has 0 bridgehead atoms. The molecule has 7 heteroatoms. The van der Waals surface area contributed by atoms with Gasteiger partial charge < -0.3 is 9.80 Å². The van der Waals surface area contributed by atoms with Crippen molar-refractivity contribution in [3.63, 3.8) is 0 Å². The topological polar surface area (TPSA) is 62.2 Å². The maximum Gasteiger partial charge on any atom is 0.226 e. The maximum absolute atomic E-state index is 13.1. The zero-order chi connectivity index (χ0) is 17.9. The Morgan fingerprint density at radius 2 is 2.15 bits per heavy atom. The number of carbonyl (C=O) groups excluding carboxylic acids is 1. The van der Waals surface area contributed by atoms with E-state index in [1.54, 1.807) is 12.3 Å². The largest absolute Gasteiger partial charge is 0.353 e. The van der Waals surface area contributed by atoms with E-state index in [-0.39, 0.29) is 23.7 Å². The molecule has 2 saturated heterocycles. The highest BCUT2D eigenvalue weighted by Crippen LogP contribution is 2.32. The molecule has 0 unspecified atom stereocenters. The van der Waals surface area contributed by atoms with Crippen LogP contribution in [0.5, 0.6) is 0 Å². The van der Waals surface area contributed by atoms with Crippen LogP contribution in [0.2, 0.25) is 0 Å². The van der Waals surface area contributed by atoms with E-state index in [2.05, 4.69) is 20.1 Å². The minimum atomic E-state index is -0.327. The first-order valence-electron chi connectivity index (χ1n) is 9.14. The molecule has 0 spiro atoms. The molecular formula is C19H22FN5O. The van der Waals surface area contributed by atoms with Crippen LogP contribution in [-0.2, 0) is 11.2 Å². The van der Waals surface area contributed by atoms with Gasteiger partial charge in [-0.2, -0.15) is 10.2 Å². The summed E-state index contributed by atoms with van der Waals surface area (Å²) < 4.78 is 13.1. The van der Waals surface area contributed by atoms with Crippen LogP contribution in [0.25, 0.3) is 0 Å². The molecule has 136 valence electrons. The Hall–Kier alpha value is -2.57. The smallest absolute Gasteiger partial charge is 0.226 e. The average Bonchev–Trinajstić information content (AvgIpc) is 2.98. The minimum absolute atomic E-state index is 0.0952. The average molecular weight is 355 g/mol. The van der Waals surface area contributed by atoms with Gasteiger partial charge in [0.25, 0.3) is 0 Å². The summed E-state index contributed by atoms with van der Waals surface area (Å²) in [5.41, 5.74) is 0.976. The van der Waals surface area contributed by atoms with E-state index >= 15 is 0 Å². The first kappa shape index (κ1) is 16.9. The summed E-state index contributed by atoms with van der Waals surface area (Å²) in [6.45, 7) is 2.22. The third-order valence-electron chi connectivity index (χ3n) is 5.32. The van der Waals surface area contributed by atoms with Crippen LogP contribution in [0.4, 0.5) is 10.2 Å². The summed E-state index contributed by atoms with van der Waals surface area (Å²) in [6.07, 6.45) is 6.49. The Morgan fingerprint density at radius 3 is 2.92 bits per heavy atom. The number of hydrogen-bond acceptors (Lipinski definition) is 5. The lowest BCUT2D eigenvalue weighted by molar-refractivity contribution is -0.132. The molecule has 1 amide bonds. The van der Waals surface area contributed by atoms with Gasteiger partial charge in [-0.05, 0) is 49.9 Å². The number of anilines is 1. The summed E-state index contributed by atoms with van der Waals surface area (Å²) in [6, 6.07) is 7.23. The normalized spacial score (nSPS) is 22.6. The standard InChI is InChI=1S/C19H22FN5O/c20-15-6-7-18(21-12-15)24-9-10-25-17(13-24)11-14(19(25)26)3-1-4-16-5-2-8-22-23-16/h2,5-8,12,14,17H,1,3-4,9-11,13H2/t14-,17-/m0/s1. The van der Waals surface area contributed by atoms with Gasteiger partial charge >= 0.3 is 0 Å². The van der Waals surface area contributed by atoms with E-state index in [1.807, 2.05) is 17.0 Å². The third-order valence-corrected chi connectivity index (χ3v) is 5.32. The van der Waals surface area contributed by atoms with Crippen molar-refractivity contribution in [2.75, 3.05) is 24.5 Å². The molecule has 0 N–H and O–H groups in total. The van der Waals surface area contributed by atoms with E-state index < -0.39 is 0 Å². The summed E-state index contributed by atoms with van der Waals surface area (Å²) in [7, 11) is 0. The van der Waals surface area contributed by atoms with Crippen molar-refractivity contribution in [2.45, 2.75) is 31.7 Å². The van der Waals surface area contributed by atoms with Crippen molar-refractivity contribution >= 4 is 11.7 Å². The SMILES string of the molecule is O=C1[C@@H](CCCc2cccnn2)C[C@H]2CN(c3ccc(F)cn3)CCN12. The van der Waals surface area contributed by atoms with Gasteiger partial charge in [0.15, 0.2) is 0 Å². The van der Waals surface area contributed by atoms with E-state index in [4.69, 9.17) is 0 Å². The van der Waals surface area contributed by atoms with Gasteiger partial charge in [0.05, 0.1) is 17.9 Å². The summed E-state index contributed by atoms with van der Waals surface area (Å²) in [4.78, 5) is 21.0. The van der Waals surface area contributed by atoms with Crippen molar-refractivity contribution in [1.82, 2.24) is 20.1 Å². The fraction of sp³-hybridized carbons (Fsp3) is 0.474. The van der Waals surface area contributed by atoms with Gasteiger partial charge in [0.2, 0.25) is 5.91 Å². The number of aryl methyl sites for hydroxylation is 1. The molecule has 2 fully saturated rings. The third kappa shape index (κ3) is 3.52. The second kappa shape index (κ2) is 7.35. The maximum atomic E-state index is 13.1. The second-order valence-electron chi connectivity index (χ2n) is 7.01. The lowest BCUT2D eigenvalue weighted by Crippen LogP contribution is -2.51. The Bertz CT molecular complexity index is 754. The van der Waals surface area contributed by atoms with Crippen molar-refractivity contribution in [2.24, 2.45) is 5.92 Å². The highest BCUT2D eigenvalue weighted by Gasteiger charge is 2.42. The Labute approximate surface area is 152 Å². The molecule has 2 aliphatic heterocycles. The molecule has 4 rings (SSSR count). The fourth-order valence-corrected chi connectivity index (χ4v) is 4.01. The first-order chi connectivity index (χ1) is 12.7. The lowest BCUT2D eigenvalue weighted by atomic mass is 9.97. The number of pyridine rings is 1. The molecule has 4 heterocycles. The molecule has 2 aliphatic rings. The number of nitrogens with zero attached hydrogens (tertiary/aromatic N) is 5. The highest BCUT2D eigenvalue weighted by molar-refractivity contribution is 5.82. The quantitative estimate of drug-likeness (QED) is 0.822. The minimum Gasteiger partial charge on any atom is -0.353 e. The predicted octanol–water partition coefficient (Wildman–Crippen LogP) is 2.07. The number of rotatable bonds is 5. The highest BCUT2D eigenvalue weighted by atomic mass is 19.1. The molecule has 0 aliphatic carbocycles. The van der Waals surface area contributed by atoms with Gasteiger partial charge in [-0.1, -0.05) is 0 Å². The predicted molar refractivity (Wildman–Crippen MR) is 95.0 cm³/mol. The van der Waals surface area contributed by atoms with Gasteiger partial charge in [-0.15, -0.1) is 0 Å². The molecule has 0 aromatic carbocycles. The Kier molecular flexibility index (Phi) is 4.77. The monoisotopic (exact) mass is 355 g/mol. The van der Waals surface area contributed by atoms with E-state index in [0.717, 1.165) is 50.3 Å². The van der Waals surface area contributed by atoms with Gasteiger partial charge in [-0.25, -0.2) is 9.37 Å². The molecular weight excluding hydrogens is 333 g/mol. The number of piperazine rings is 1. The van der Waals surface area contributed by atoms with Crippen molar-refractivity contribution < 1.29 is 9.18 Å². The van der Waals surface area contributed by atoms with Crippen LogP contribution in [0.3, 0.4) is 0 Å². The van der Waals surface area contributed by atoms with Crippen LogP contribution >= 0.6 is 0 Å². The lowest BCUT2D eigenvalue weighted by Gasteiger charge is -2.38. The van der Waals surface area contributed by atoms with Crippen LogP contribution in [0, 0.1) is 11.7 Å². The van der Waals surface area contributed by atoms with E-state index in [1.165, 1.54) is 12.3 Å². The summed E-state index contributed by atoms with van der Waals surface area (Å²) in [5.74, 6) is 0.829. The summed E-state index contributed by atoms with van der Waals surface area (Å²) >= 11 is 0. The molecule has 0 saturated carbocycles. The van der Waals surface area contributed by atoms with Crippen molar-refractivity contribution in [3.05, 3.63) is 48.2 Å². The van der Waals surface area contributed by atoms with Crippen LogP contribution in [-0.4, -0.2) is 51.7 Å². The number of amides is 1. The fourth-order valence-electron chi connectivity index (χ4n) is 4.01.